The van der Waals surface area contributed by atoms with Crippen molar-refractivity contribution in [1.82, 2.24) is 0 Å². The second-order valence-corrected chi connectivity index (χ2v) is 22.4. The van der Waals surface area contributed by atoms with Crippen LogP contribution in [-0.2, 0) is 28.6 Å². The molecule has 73 heavy (non-hydrogen) atoms. The summed E-state index contributed by atoms with van der Waals surface area (Å²) in [5.74, 6) is -0.857. The Hall–Kier alpha value is -2.11. The van der Waals surface area contributed by atoms with Gasteiger partial charge in [0, 0.05) is 19.3 Å². The summed E-state index contributed by atoms with van der Waals surface area (Å²) in [5.41, 5.74) is 0. The number of esters is 3. The molecule has 6 nitrogen and oxygen atoms in total. The molecule has 0 aliphatic carbocycles. The van der Waals surface area contributed by atoms with Gasteiger partial charge in [0.05, 0.1) is 0 Å². The maximum Gasteiger partial charge on any atom is 0.306 e. The third-order valence-electron chi connectivity index (χ3n) is 14.9. The third-order valence-corrected chi connectivity index (χ3v) is 14.9. The minimum Gasteiger partial charge on any atom is -0.462 e. The van der Waals surface area contributed by atoms with Gasteiger partial charge in [-0.15, -0.1) is 0 Å². The quantitative estimate of drug-likeness (QED) is 0.0261. The number of ether oxygens (including phenoxy) is 3. The molecular formula is C67H126O6. The van der Waals surface area contributed by atoms with E-state index in [2.05, 4.69) is 45.1 Å². The lowest BCUT2D eigenvalue weighted by Crippen LogP contribution is -2.30. The SMILES string of the molecule is CCC/C=C\C/C=C\CCCCCCCC(=O)OCC(COC(=O)CCCCCCCCCCCCCCCCCCCCCCCCCCCC)OC(=O)CCCCCCCCCCCCCCCCCC. The van der Waals surface area contributed by atoms with Gasteiger partial charge in [0.1, 0.15) is 13.2 Å². The molecular weight excluding hydrogens is 901 g/mol. The van der Waals surface area contributed by atoms with Crippen LogP contribution in [0.5, 0.6) is 0 Å². The van der Waals surface area contributed by atoms with Crippen molar-refractivity contribution in [3.05, 3.63) is 24.3 Å². The lowest BCUT2D eigenvalue weighted by Gasteiger charge is -2.18. The highest BCUT2D eigenvalue weighted by Gasteiger charge is 2.19. The zero-order valence-electron chi connectivity index (χ0n) is 49.4. The molecule has 0 radical (unpaired) electrons. The Morgan fingerprint density at radius 1 is 0.274 bits per heavy atom. The average molecular weight is 1030 g/mol. The molecule has 0 spiro atoms. The Morgan fingerprint density at radius 2 is 0.521 bits per heavy atom. The lowest BCUT2D eigenvalue weighted by molar-refractivity contribution is -0.167. The molecule has 0 aliphatic heterocycles. The van der Waals surface area contributed by atoms with Crippen molar-refractivity contribution in [2.75, 3.05) is 13.2 Å². The average Bonchev–Trinajstić information content (AvgIpc) is 3.39. The van der Waals surface area contributed by atoms with E-state index < -0.39 is 6.10 Å². The summed E-state index contributed by atoms with van der Waals surface area (Å²) in [6.45, 7) is 6.64. The van der Waals surface area contributed by atoms with Crippen LogP contribution >= 0.6 is 0 Å². The van der Waals surface area contributed by atoms with E-state index in [0.717, 1.165) is 83.5 Å². The Kier molecular flexibility index (Phi) is 60.6. The topological polar surface area (TPSA) is 78.9 Å². The molecule has 0 aromatic carbocycles. The lowest BCUT2D eigenvalue weighted by atomic mass is 10.0. The van der Waals surface area contributed by atoms with Crippen LogP contribution < -0.4 is 0 Å². The van der Waals surface area contributed by atoms with Crippen molar-refractivity contribution in [3.63, 3.8) is 0 Å². The molecule has 0 N–H and O–H groups in total. The van der Waals surface area contributed by atoms with Crippen LogP contribution in [0, 0.1) is 0 Å². The highest BCUT2D eigenvalue weighted by Crippen LogP contribution is 2.18. The molecule has 0 amide bonds. The minimum atomic E-state index is -0.773. The van der Waals surface area contributed by atoms with Gasteiger partial charge in [-0.1, -0.05) is 328 Å². The van der Waals surface area contributed by atoms with Gasteiger partial charge >= 0.3 is 17.9 Å². The van der Waals surface area contributed by atoms with Gasteiger partial charge in [-0.2, -0.15) is 0 Å². The molecule has 0 aromatic rings. The molecule has 0 aromatic heterocycles. The summed E-state index contributed by atoms with van der Waals surface area (Å²) in [6.07, 6.45) is 74.9. The predicted molar refractivity (Wildman–Crippen MR) is 316 cm³/mol. The number of hydrogen-bond acceptors (Lipinski definition) is 6. The number of carbonyl (C=O) groups excluding carboxylic acids is 3. The molecule has 0 bridgehead atoms. The van der Waals surface area contributed by atoms with Crippen molar-refractivity contribution in [2.24, 2.45) is 0 Å². The van der Waals surface area contributed by atoms with Crippen molar-refractivity contribution in [3.8, 4) is 0 Å². The molecule has 0 heterocycles. The molecule has 0 aliphatic rings. The largest absolute Gasteiger partial charge is 0.462 e. The van der Waals surface area contributed by atoms with Crippen LogP contribution in [-0.4, -0.2) is 37.2 Å². The normalized spacial score (nSPS) is 12.1. The van der Waals surface area contributed by atoms with Gasteiger partial charge < -0.3 is 14.2 Å². The van der Waals surface area contributed by atoms with Crippen LogP contribution in [0.1, 0.15) is 367 Å². The fraction of sp³-hybridized carbons (Fsp3) is 0.896. The fourth-order valence-corrected chi connectivity index (χ4v) is 10.0. The minimum absolute atomic E-state index is 0.0697. The fourth-order valence-electron chi connectivity index (χ4n) is 10.0. The summed E-state index contributed by atoms with van der Waals surface area (Å²) in [7, 11) is 0. The molecule has 0 fully saturated rings. The summed E-state index contributed by atoms with van der Waals surface area (Å²) < 4.78 is 16.9. The molecule has 0 saturated heterocycles. The summed E-state index contributed by atoms with van der Waals surface area (Å²) in [5, 5.41) is 0. The predicted octanol–water partition coefficient (Wildman–Crippen LogP) is 22.2. The Bertz CT molecular complexity index is 1180. The van der Waals surface area contributed by atoms with E-state index in [9.17, 15) is 14.4 Å². The van der Waals surface area contributed by atoms with E-state index in [1.165, 1.54) is 244 Å². The van der Waals surface area contributed by atoms with Crippen LogP contribution in [0.3, 0.4) is 0 Å². The Balaban J connectivity index is 4.19. The summed E-state index contributed by atoms with van der Waals surface area (Å²) >= 11 is 0. The number of carbonyl (C=O) groups is 3. The first-order valence-electron chi connectivity index (χ1n) is 32.8. The van der Waals surface area contributed by atoms with E-state index in [1.807, 2.05) is 0 Å². The van der Waals surface area contributed by atoms with Crippen molar-refractivity contribution in [1.29, 1.82) is 0 Å². The number of allylic oxidation sites excluding steroid dienone is 4. The third kappa shape index (κ3) is 60.6. The summed E-state index contributed by atoms with van der Waals surface area (Å²) in [4.78, 5) is 38.3. The van der Waals surface area contributed by atoms with Gasteiger partial charge in [-0.25, -0.2) is 0 Å². The Labute approximate surface area is 455 Å². The zero-order valence-corrected chi connectivity index (χ0v) is 49.4. The standard InChI is InChI=1S/C67H126O6/c1-4-7-10-13-16-19-22-25-27-29-30-31-32-33-34-35-36-37-38-40-42-45-48-51-54-57-60-66(69)72-63-64(62-71-65(68)59-56-53-50-47-44-41-24-21-18-15-12-9-6-3)73-67(70)61-58-55-52-49-46-43-39-28-26-23-20-17-14-11-8-5-2/h12,15,21,24,64H,4-11,13-14,16-20,22-23,25-63H2,1-3H3/b15-12-,24-21-. The van der Waals surface area contributed by atoms with Crippen LogP contribution in [0.4, 0.5) is 0 Å². The maximum absolute atomic E-state index is 12.9. The molecule has 1 unspecified atom stereocenters. The second kappa shape index (κ2) is 62.4. The van der Waals surface area contributed by atoms with Gasteiger partial charge in [0.25, 0.3) is 0 Å². The number of hydrogen-bond donors (Lipinski definition) is 0. The van der Waals surface area contributed by atoms with E-state index >= 15 is 0 Å². The van der Waals surface area contributed by atoms with Crippen LogP contribution in [0.15, 0.2) is 24.3 Å². The molecule has 1 atom stereocenters. The highest BCUT2D eigenvalue weighted by molar-refractivity contribution is 5.71. The zero-order chi connectivity index (χ0) is 52.9. The van der Waals surface area contributed by atoms with Crippen molar-refractivity contribution >= 4 is 17.9 Å². The number of unbranched alkanes of at least 4 members (excludes halogenated alkanes) is 46. The maximum atomic E-state index is 12.9. The summed E-state index contributed by atoms with van der Waals surface area (Å²) in [6, 6.07) is 0. The number of rotatable bonds is 61. The molecule has 430 valence electrons. The van der Waals surface area contributed by atoms with E-state index in [4.69, 9.17) is 14.2 Å². The molecule has 0 rings (SSSR count). The monoisotopic (exact) mass is 1030 g/mol. The molecule has 6 heteroatoms. The van der Waals surface area contributed by atoms with Crippen molar-refractivity contribution in [2.45, 2.75) is 374 Å². The van der Waals surface area contributed by atoms with Gasteiger partial charge in [0.2, 0.25) is 0 Å². The first-order chi connectivity index (χ1) is 36.0. The Morgan fingerprint density at radius 3 is 0.808 bits per heavy atom. The second-order valence-electron chi connectivity index (χ2n) is 22.4. The van der Waals surface area contributed by atoms with E-state index in [-0.39, 0.29) is 31.1 Å². The van der Waals surface area contributed by atoms with Crippen LogP contribution in [0.25, 0.3) is 0 Å². The highest BCUT2D eigenvalue weighted by atomic mass is 16.6. The van der Waals surface area contributed by atoms with Gasteiger partial charge in [-0.3, -0.25) is 14.4 Å². The van der Waals surface area contributed by atoms with Crippen molar-refractivity contribution < 1.29 is 28.6 Å². The van der Waals surface area contributed by atoms with Gasteiger partial charge in [-0.05, 0) is 44.9 Å². The van der Waals surface area contributed by atoms with E-state index in [1.54, 1.807) is 0 Å². The first-order valence-corrected chi connectivity index (χ1v) is 32.8. The molecule has 0 saturated carbocycles. The smallest absolute Gasteiger partial charge is 0.306 e. The van der Waals surface area contributed by atoms with E-state index in [0.29, 0.717) is 19.3 Å². The van der Waals surface area contributed by atoms with Crippen LogP contribution in [0.2, 0.25) is 0 Å². The first kappa shape index (κ1) is 70.9. The van der Waals surface area contributed by atoms with Gasteiger partial charge in [0.15, 0.2) is 6.10 Å².